The predicted octanol–water partition coefficient (Wildman–Crippen LogP) is 3.42. The Kier molecular flexibility index (Phi) is 6.62. The van der Waals surface area contributed by atoms with E-state index in [2.05, 4.69) is 10.0 Å². The zero-order chi connectivity index (χ0) is 20.2. The molecule has 2 rings (SSSR count). The van der Waals surface area contributed by atoms with Crippen molar-refractivity contribution in [1.29, 1.82) is 0 Å². The molecule has 0 fully saturated rings. The van der Waals surface area contributed by atoms with Gasteiger partial charge in [0.25, 0.3) is 10.0 Å². The van der Waals surface area contributed by atoms with E-state index >= 15 is 0 Å². The topological polar surface area (TPSA) is 101 Å². The van der Waals surface area contributed by atoms with E-state index in [1.54, 1.807) is 37.3 Å². The van der Waals surface area contributed by atoms with Crippen molar-refractivity contribution >= 4 is 27.3 Å². The number of nitrogens with two attached hydrogens (primary N) is 1. The Morgan fingerprint density at radius 1 is 1.07 bits per heavy atom. The van der Waals surface area contributed by atoms with Crippen LogP contribution in [0, 0.1) is 19.8 Å². The number of anilines is 2. The number of nitrogens with one attached hydrogen (secondary N) is 2. The van der Waals surface area contributed by atoms with Gasteiger partial charge < -0.3 is 11.1 Å². The largest absolute Gasteiger partial charge is 0.325 e. The number of benzene rings is 2. The predicted molar refractivity (Wildman–Crippen MR) is 109 cm³/mol. The second kappa shape index (κ2) is 8.54. The Morgan fingerprint density at radius 3 is 2.41 bits per heavy atom. The lowest BCUT2D eigenvalue weighted by molar-refractivity contribution is -0.117. The van der Waals surface area contributed by atoms with Gasteiger partial charge in [-0.05, 0) is 61.6 Å². The van der Waals surface area contributed by atoms with Gasteiger partial charge in [0.2, 0.25) is 5.91 Å². The average molecular weight is 390 g/mol. The van der Waals surface area contributed by atoms with E-state index in [-0.39, 0.29) is 10.8 Å². The second-order valence-electron chi connectivity index (χ2n) is 7.18. The third kappa shape index (κ3) is 5.80. The van der Waals surface area contributed by atoms with Crippen molar-refractivity contribution in [2.24, 2.45) is 11.7 Å². The fourth-order valence-corrected chi connectivity index (χ4v) is 4.06. The van der Waals surface area contributed by atoms with Crippen molar-refractivity contribution in [3.8, 4) is 0 Å². The highest BCUT2D eigenvalue weighted by Gasteiger charge is 2.20. The van der Waals surface area contributed by atoms with E-state index in [9.17, 15) is 13.2 Å². The molecule has 2 aromatic rings. The summed E-state index contributed by atoms with van der Waals surface area (Å²) in [5.41, 5.74) is 8.31. The van der Waals surface area contributed by atoms with Gasteiger partial charge in [-0.3, -0.25) is 9.52 Å². The quantitative estimate of drug-likeness (QED) is 0.675. The monoisotopic (exact) mass is 389 g/mol. The van der Waals surface area contributed by atoms with Gasteiger partial charge in [0.15, 0.2) is 0 Å². The first-order valence-electron chi connectivity index (χ1n) is 8.85. The van der Waals surface area contributed by atoms with Crippen LogP contribution in [0.25, 0.3) is 0 Å². The summed E-state index contributed by atoms with van der Waals surface area (Å²) in [5, 5.41) is 2.70. The SMILES string of the molecule is Cc1cccc(NS(=O)(=O)c2cc(NC(=O)[C@@H](N)CC(C)C)ccc2C)c1. The first kappa shape index (κ1) is 20.9. The number of carbonyl (C=O) groups is 1. The molecule has 0 aromatic heterocycles. The molecule has 27 heavy (non-hydrogen) atoms. The van der Waals surface area contributed by atoms with Gasteiger partial charge in [-0.25, -0.2) is 8.42 Å². The maximum atomic E-state index is 12.8. The van der Waals surface area contributed by atoms with Crippen LogP contribution in [0.1, 0.15) is 31.4 Å². The summed E-state index contributed by atoms with van der Waals surface area (Å²) >= 11 is 0. The minimum atomic E-state index is -3.79. The van der Waals surface area contributed by atoms with Gasteiger partial charge in [0.1, 0.15) is 0 Å². The van der Waals surface area contributed by atoms with Crippen molar-refractivity contribution in [3.05, 3.63) is 53.6 Å². The van der Waals surface area contributed by atoms with Gasteiger partial charge in [-0.1, -0.05) is 32.0 Å². The molecular weight excluding hydrogens is 362 g/mol. The standard InChI is InChI=1S/C20H27N3O3S/c1-13(2)10-18(21)20(24)22-16-9-8-15(4)19(12-16)27(25,26)23-17-7-5-6-14(3)11-17/h5-9,11-13,18,23H,10,21H2,1-4H3,(H,22,24)/t18-/m0/s1. The number of hydrogen-bond acceptors (Lipinski definition) is 4. The molecule has 4 N–H and O–H groups in total. The molecule has 146 valence electrons. The van der Waals surface area contributed by atoms with Gasteiger partial charge in [-0.15, -0.1) is 0 Å². The number of rotatable bonds is 7. The summed E-state index contributed by atoms with van der Waals surface area (Å²) < 4.78 is 28.2. The summed E-state index contributed by atoms with van der Waals surface area (Å²) in [6, 6.07) is 11.3. The van der Waals surface area contributed by atoms with Gasteiger partial charge in [-0.2, -0.15) is 0 Å². The van der Waals surface area contributed by atoms with Crippen molar-refractivity contribution in [2.75, 3.05) is 10.0 Å². The highest BCUT2D eigenvalue weighted by Crippen LogP contribution is 2.23. The van der Waals surface area contributed by atoms with E-state index < -0.39 is 16.1 Å². The van der Waals surface area contributed by atoms with Crippen LogP contribution in [0.4, 0.5) is 11.4 Å². The van der Waals surface area contributed by atoms with Crippen molar-refractivity contribution in [2.45, 2.75) is 45.1 Å². The lowest BCUT2D eigenvalue weighted by Crippen LogP contribution is -2.36. The molecule has 0 radical (unpaired) electrons. The van der Waals surface area contributed by atoms with E-state index in [1.165, 1.54) is 6.07 Å². The molecule has 7 heteroatoms. The van der Waals surface area contributed by atoms with Gasteiger partial charge in [0.05, 0.1) is 10.9 Å². The highest BCUT2D eigenvalue weighted by molar-refractivity contribution is 7.92. The minimum absolute atomic E-state index is 0.110. The van der Waals surface area contributed by atoms with Crippen LogP contribution in [0.5, 0.6) is 0 Å². The first-order chi connectivity index (χ1) is 12.6. The van der Waals surface area contributed by atoms with Crippen LogP contribution in [-0.4, -0.2) is 20.4 Å². The fraction of sp³-hybridized carbons (Fsp3) is 0.350. The smallest absolute Gasteiger partial charge is 0.262 e. The van der Waals surface area contributed by atoms with Gasteiger partial charge >= 0.3 is 0 Å². The molecule has 0 saturated carbocycles. The summed E-state index contributed by atoms with van der Waals surface area (Å²) in [5.74, 6) is -0.0409. The molecule has 0 aliphatic carbocycles. The van der Waals surface area contributed by atoms with E-state index in [0.29, 0.717) is 29.3 Å². The van der Waals surface area contributed by atoms with Crippen LogP contribution in [0.3, 0.4) is 0 Å². The Morgan fingerprint density at radius 2 is 1.78 bits per heavy atom. The lowest BCUT2D eigenvalue weighted by Gasteiger charge is -2.16. The molecule has 0 saturated heterocycles. The lowest BCUT2D eigenvalue weighted by atomic mass is 10.0. The summed E-state index contributed by atoms with van der Waals surface area (Å²) in [6.45, 7) is 7.57. The summed E-state index contributed by atoms with van der Waals surface area (Å²) in [6.07, 6.45) is 0.553. The third-order valence-electron chi connectivity index (χ3n) is 4.08. The molecule has 0 bridgehead atoms. The van der Waals surface area contributed by atoms with E-state index in [4.69, 9.17) is 5.73 Å². The van der Waals surface area contributed by atoms with Gasteiger partial charge in [0, 0.05) is 11.4 Å². The first-order valence-corrected chi connectivity index (χ1v) is 10.3. The molecule has 0 aliphatic heterocycles. The zero-order valence-corrected chi connectivity index (χ0v) is 16.9. The van der Waals surface area contributed by atoms with E-state index in [0.717, 1.165) is 5.56 Å². The van der Waals surface area contributed by atoms with Crippen LogP contribution >= 0.6 is 0 Å². The van der Waals surface area contributed by atoms with Crippen molar-refractivity contribution in [3.63, 3.8) is 0 Å². The number of sulfonamides is 1. The molecule has 0 heterocycles. The summed E-state index contributed by atoms with van der Waals surface area (Å²) in [4.78, 5) is 12.3. The molecule has 1 amide bonds. The number of hydrogen-bond donors (Lipinski definition) is 3. The minimum Gasteiger partial charge on any atom is -0.325 e. The molecule has 0 aliphatic rings. The van der Waals surface area contributed by atoms with E-state index in [1.807, 2.05) is 26.8 Å². The van der Waals surface area contributed by atoms with Crippen LogP contribution < -0.4 is 15.8 Å². The zero-order valence-electron chi connectivity index (χ0n) is 16.1. The molecule has 6 nitrogen and oxygen atoms in total. The molecule has 1 atom stereocenters. The molecular formula is C20H27N3O3S. The Balaban J connectivity index is 2.24. The van der Waals surface area contributed by atoms with Crippen LogP contribution in [0.2, 0.25) is 0 Å². The number of carbonyl (C=O) groups excluding carboxylic acids is 1. The molecule has 0 spiro atoms. The van der Waals surface area contributed by atoms with Crippen LogP contribution in [0.15, 0.2) is 47.4 Å². The molecule has 0 unspecified atom stereocenters. The van der Waals surface area contributed by atoms with Crippen LogP contribution in [-0.2, 0) is 14.8 Å². The fourth-order valence-electron chi connectivity index (χ4n) is 2.74. The molecule has 2 aromatic carbocycles. The maximum absolute atomic E-state index is 12.8. The van der Waals surface area contributed by atoms with Crippen molar-refractivity contribution < 1.29 is 13.2 Å². The Bertz CT molecular complexity index is 924. The maximum Gasteiger partial charge on any atom is 0.262 e. The average Bonchev–Trinajstić information content (AvgIpc) is 2.55. The number of aryl methyl sites for hydroxylation is 2. The second-order valence-corrected chi connectivity index (χ2v) is 8.83. The highest BCUT2D eigenvalue weighted by atomic mass is 32.2. The Hall–Kier alpha value is -2.38. The summed E-state index contributed by atoms with van der Waals surface area (Å²) in [7, 11) is -3.79. The normalized spacial score (nSPS) is 12.7. The Labute approximate surface area is 161 Å². The number of amides is 1. The third-order valence-corrected chi connectivity index (χ3v) is 5.60. The van der Waals surface area contributed by atoms with Crippen molar-refractivity contribution in [1.82, 2.24) is 0 Å².